The van der Waals surface area contributed by atoms with Crippen LogP contribution < -0.4 is 20.1 Å². The molecule has 4 aliphatic heterocycles. The number of hydrogen-bond acceptors (Lipinski definition) is 10. The van der Waals surface area contributed by atoms with E-state index < -0.39 is 11.6 Å². The van der Waals surface area contributed by atoms with E-state index in [4.69, 9.17) is 36.8 Å². The lowest BCUT2D eigenvalue weighted by Crippen LogP contribution is -2.54. The van der Waals surface area contributed by atoms with Crippen molar-refractivity contribution in [2.75, 3.05) is 57.0 Å². The van der Waals surface area contributed by atoms with Gasteiger partial charge in [0.25, 0.3) is 0 Å². The largest absolute Gasteiger partial charge is 0.489 e. The maximum absolute atomic E-state index is 17.1. The van der Waals surface area contributed by atoms with Crippen LogP contribution in [0.5, 0.6) is 11.8 Å². The third-order valence-electron chi connectivity index (χ3n) is 9.67. The molecule has 0 saturated carbocycles. The summed E-state index contributed by atoms with van der Waals surface area (Å²) < 4.78 is 45.0. The van der Waals surface area contributed by atoms with Crippen LogP contribution >= 0.6 is 22.9 Å². The number of thiophene rings is 1. The van der Waals surface area contributed by atoms with Crippen LogP contribution in [-0.4, -0.2) is 84.3 Å². The average molecular weight is 638 g/mol. The number of aromatic nitrogens is 2. The van der Waals surface area contributed by atoms with Crippen molar-refractivity contribution in [2.45, 2.75) is 43.9 Å². The monoisotopic (exact) mass is 637 g/mol. The van der Waals surface area contributed by atoms with Crippen LogP contribution in [0.15, 0.2) is 12.1 Å². The number of likely N-dealkylation sites (N-methyl/N-ethyl adjacent to an activating group) is 1. The van der Waals surface area contributed by atoms with Crippen molar-refractivity contribution in [1.29, 1.82) is 5.26 Å². The minimum atomic E-state index is -0.716. The van der Waals surface area contributed by atoms with Crippen molar-refractivity contribution in [2.24, 2.45) is 0 Å². The number of ether oxygens (including phenoxy) is 2. The first-order valence-corrected chi connectivity index (χ1v) is 16.2. The SMILES string of the molecule is CN1CCC1C1CCCN2CCC(C2)N2CCOc3c(Cl)c(-c4ccc(F)c5sc(N)c(C#N)c45)c(F)c4nc(nc2c34)O1. The molecule has 2 aromatic heterocycles. The van der Waals surface area contributed by atoms with Gasteiger partial charge >= 0.3 is 6.01 Å². The molecule has 0 radical (unpaired) electrons. The van der Waals surface area contributed by atoms with E-state index in [0.717, 1.165) is 63.2 Å². The molecule has 4 unspecified atom stereocenters. The van der Waals surface area contributed by atoms with E-state index in [2.05, 4.69) is 27.8 Å². The highest BCUT2D eigenvalue weighted by Crippen LogP contribution is 2.51. The number of benzene rings is 2. The van der Waals surface area contributed by atoms with Gasteiger partial charge in [-0.05, 0) is 57.5 Å². The summed E-state index contributed by atoms with van der Waals surface area (Å²) in [6, 6.07) is 5.22. The summed E-state index contributed by atoms with van der Waals surface area (Å²) in [5, 5.41) is 10.7. The van der Waals surface area contributed by atoms with Gasteiger partial charge < -0.3 is 25.0 Å². The van der Waals surface area contributed by atoms with Crippen molar-refractivity contribution < 1.29 is 18.3 Å². The summed E-state index contributed by atoms with van der Waals surface area (Å²) in [7, 11) is 2.09. The number of nitrogens with two attached hydrogens (primary N) is 1. The molecule has 2 saturated heterocycles. The van der Waals surface area contributed by atoms with Crippen LogP contribution in [0.3, 0.4) is 0 Å². The highest BCUT2D eigenvalue weighted by molar-refractivity contribution is 7.23. The number of rotatable bonds is 2. The van der Waals surface area contributed by atoms with Crippen LogP contribution in [0.2, 0.25) is 5.02 Å². The van der Waals surface area contributed by atoms with Gasteiger partial charge in [0.05, 0.1) is 27.2 Å². The normalized spacial score (nSPS) is 25.1. The van der Waals surface area contributed by atoms with Gasteiger partial charge in [0.2, 0.25) is 0 Å². The molecule has 4 aliphatic rings. The van der Waals surface area contributed by atoms with Gasteiger partial charge in [0.1, 0.15) is 40.9 Å². The minimum absolute atomic E-state index is 0.0121. The Labute approximate surface area is 261 Å². The average Bonchev–Trinajstić information content (AvgIpc) is 3.55. The molecule has 4 atom stereocenters. The number of likely N-dealkylation sites (tertiary alicyclic amines) is 1. The Hall–Kier alpha value is -3.50. The number of fused-ring (bicyclic) bond motifs is 5. The lowest BCUT2D eigenvalue weighted by molar-refractivity contribution is 0.00680. The Morgan fingerprint density at radius 2 is 1.98 bits per heavy atom. The fraction of sp³-hybridized carbons (Fsp3) is 0.452. The molecule has 0 spiro atoms. The second-order valence-corrected chi connectivity index (χ2v) is 13.5. The van der Waals surface area contributed by atoms with Gasteiger partial charge in [-0.2, -0.15) is 15.2 Å². The van der Waals surface area contributed by atoms with Gasteiger partial charge in [0.15, 0.2) is 11.6 Å². The van der Waals surface area contributed by atoms with Gasteiger partial charge in [-0.25, -0.2) is 8.78 Å². The lowest BCUT2D eigenvalue weighted by atomic mass is 9.94. The third-order valence-corrected chi connectivity index (χ3v) is 11.1. The Bertz CT molecular complexity index is 1880. The predicted octanol–water partition coefficient (Wildman–Crippen LogP) is 5.42. The molecular formula is C31H30ClF2N7O2S. The summed E-state index contributed by atoms with van der Waals surface area (Å²) in [6.07, 6.45) is 3.63. The Morgan fingerprint density at radius 1 is 1.11 bits per heavy atom. The highest BCUT2D eigenvalue weighted by atomic mass is 35.5. The van der Waals surface area contributed by atoms with Crippen molar-refractivity contribution in [3.63, 3.8) is 0 Å². The standard InChI is InChI=1S/C31H30ClF2N7O2S/c1-39-9-7-19(39)20-3-2-8-40-10-6-15(14-40)41-11-12-42-27-23-26(37-31(43-20)38-30(23)41)25(34)22(24(27)32)16-4-5-18(33)28-21(16)17(13-35)29(36)44-28/h4-5,15,19-20H,2-3,6-12,14,36H2,1H3. The number of nitrogens with zero attached hydrogens (tertiary/aromatic N) is 6. The number of anilines is 2. The molecule has 8 rings (SSSR count). The first-order valence-electron chi connectivity index (χ1n) is 15.0. The zero-order chi connectivity index (χ0) is 30.3. The molecule has 4 bridgehead atoms. The maximum atomic E-state index is 17.1. The summed E-state index contributed by atoms with van der Waals surface area (Å²) in [5.74, 6) is -0.464. The zero-order valence-electron chi connectivity index (χ0n) is 24.1. The van der Waals surface area contributed by atoms with Crippen molar-refractivity contribution >= 4 is 54.7 Å². The fourth-order valence-electron chi connectivity index (χ4n) is 7.34. The van der Waals surface area contributed by atoms with Crippen molar-refractivity contribution in [3.8, 4) is 29.0 Å². The van der Waals surface area contributed by atoms with Gasteiger partial charge in [0, 0.05) is 36.1 Å². The lowest BCUT2D eigenvalue weighted by Gasteiger charge is -2.42. The molecule has 44 heavy (non-hydrogen) atoms. The van der Waals surface area contributed by atoms with Gasteiger partial charge in [-0.3, -0.25) is 4.90 Å². The molecule has 9 nitrogen and oxygen atoms in total. The molecule has 4 aromatic rings. The molecule has 228 valence electrons. The summed E-state index contributed by atoms with van der Waals surface area (Å²) in [6.45, 7) is 4.67. The quantitative estimate of drug-likeness (QED) is 0.309. The maximum Gasteiger partial charge on any atom is 0.319 e. The van der Waals surface area contributed by atoms with E-state index in [9.17, 15) is 9.65 Å². The van der Waals surface area contributed by atoms with Crippen molar-refractivity contribution in [1.82, 2.24) is 19.8 Å². The van der Waals surface area contributed by atoms with E-state index in [1.54, 1.807) is 0 Å². The minimum Gasteiger partial charge on any atom is -0.489 e. The smallest absolute Gasteiger partial charge is 0.319 e. The molecule has 6 heterocycles. The Kier molecular flexibility index (Phi) is 6.71. The third kappa shape index (κ3) is 4.20. The molecule has 2 aromatic carbocycles. The number of nitrogen functional groups attached to an aromatic ring is 1. The molecule has 2 fully saturated rings. The zero-order valence-corrected chi connectivity index (χ0v) is 25.6. The molecule has 2 N–H and O–H groups in total. The molecular weight excluding hydrogens is 608 g/mol. The highest BCUT2D eigenvalue weighted by Gasteiger charge is 2.38. The van der Waals surface area contributed by atoms with Crippen molar-refractivity contribution in [3.05, 3.63) is 34.4 Å². The first-order chi connectivity index (χ1) is 21.3. The first kappa shape index (κ1) is 28.0. The van der Waals surface area contributed by atoms with E-state index in [1.165, 1.54) is 12.1 Å². The molecule has 0 amide bonds. The van der Waals surface area contributed by atoms with Gasteiger partial charge in [-0.15, -0.1) is 11.3 Å². The molecule has 13 heteroatoms. The van der Waals surface area contributed by atoms with Crippen LogP contribution in [0.25, 0.3) is 32.1 Å². The number of nitriles is 1. The van der Waals surface area contributed by atoms with E-state index >= 15 is 4.39 Å². The topological polar surface area (TPSA) is 104 Å². The molecule has 0 aliphatic carbocycles. The number of hydrogen-bond donors (Lipinski definition) is 1. The number of halogens is 3. The van der Waals surface area contributed by atoms with Crippen LogP contribution in [-0.2, 0) is 0 Å². The summed E-state index contributed by atoms with van der Waals surface area (Å²) >= 11 is 7.98. The van der Waals surface area contributed by atoms with Crippen LogP contribution in [0.1, 0.15) is 31.2 Å². The van der Waals surface area contributed by atoms with Crippen LogP contribution in [0, 0.1) is 23.0 Å². The van der Waals surface area contributed by atoms with E-state index in [-0.39, 0.29) is 72.3 Å². The summed E-state index contributed by atoms with van der Waals surface area (Å²) in [5.41, 5.74) is 6.41. The second-order valence-electron chi connectivity index (χ2n) is 12.1. The Balaban J connectivity index is 1.40. The van der Waals surface area contributed by atoms with Crippen LogP contribution in [0.4, 0.5) is 19.6 Å². The predicted molar refractivity (Wildman–Crippen MR) is 167 cm³/mol. The van der Waals surface area contributed by atoms with E-state index in [0.29, 0.717) is 24.4 Å². The van der Waals surface area contributed by atoms with E-state index in [1.807, 2.05) is 0 Å². The summed E-state index contributed by atoms with van der Waals surface area (Å²) in [4.78, 5) is 16.6. The second kappa shape index (κ2) is 10.5. The fourth-order valence-corrected chi connectivity index (χ4v) is 8.62. The Morgan fingerprint density at radius 3 is 2.75 bits per heavy atom. The van der Waals surface area contributed by atoms with Gasteiger partial charge in [-0.1, -0.05) is 17.7 Å².